The molecule has 0 N–H and O–H groups in total. The number of hydrogen-bond donors (Lipinski definition) is 0. The van der Waals surface area contributed by atoms with E-state index >= 15 is 0 Å². The summed E-state index contributed by atoms with van der Waals surface area (Å²) in [7, 11) is -3.52. The Labute approximate surface area is 142 Å². The van der Waals surface area contributed by atoms with Crippen molar-refractivity contribution in [3.63, 3.8) is 0 Å². The number of carbonyl (C=O) groups excluding carboxylic acids is 1. The molecule has 0 saturated carbocycles. The van der Waals surface area contributed by atoms with Crippen LogP contribution in [0.5, 0.6) is 0 Å². The molecule has 1 heterocycles. The Morgan fingerprint density at radius 1 is 1.08 bits per heavy atom. The van der Waals surface area contributed by atoms with Gasteiger partial charge in [0.15, 0.2) is 0 Å². The highest BCUT2D eigenvalue weighted by Crippen LogP contribution is 2.11. The molecule has 1 amide bonds. The van der Waals surface area contributed by atoms with Crippen LogP contribution in [0.2, 0.25) is 0 Å². The first-order chi connectivity index (χ1) is 11.4. The summed E-state index contributed by atoms with van der Waals surface area (Å²) < 4.78 is 30.3. The van der Waals surface area contributed by atoms with Crippen molar-refractivity contribution in [2.45, 2.75) is 20.0 Å². The van der Waals surface area contributed by atoms with Gasteiger partial charge in [0.1, 0.15) is 5.76 Å². The summed E-state index contributed by atoms with van der Waals surface area (Å²) in [6.45, 7) is 2.67. The topological polar surface area (TPSA) is 70.8 Å². The van der Waals surface area contributed by atoms with Gasteiger partial charge >= 0.3 is 0 Å². The number of likely N-dealkylation sites (N-methyl/N-ethyl adjacent to an activating group) is 1. The molecule has 0 aliphatic rings. The Bertz CT molecular complexity index is 742. The Morgan fingerprint density at radius 2 is 1.79 bits per heavy atom. The average molecular weight is 350 g/mol. The average Bonchev–Trinajstić information content (AvgIpc) is 3.05. The number of benzene rings is 1. The summed E-state index contributed by atoms with van der Waals surface area (Å²) in [4.78, 5) is 14.2. The number of sulfonamides is 1. The van der Waals surface area contributed by atoms with Crippen molar-refractivity contribution in [1.29, 1.82) is 0 Å². The lowest BCUT2D eigenvalue weighted by atomic mass is 10.2. The fourth-order valence-corrected chi connectivity index (χ4v) is 3.00. The molecule has 0 aliphatic carbocycles. The number of rotatable bonds is 8. The minimum Gasteiger partial charge on any atom is -0.468 e. The summed E-state index contributed by atoms with van der Waals surface area (Å²) >= 11 is 0. The van der Waals surface area contributed by atoms with Crippen LogP contribution in [0.3, 0.4) is 0 Å². The van der Waals surface area contributed by atoms with Gasteiger partial charge in [-0.15, -0.1) is 0 Å². The maximum absolute atomic E-state index is 12.6. The van der Waals surface area contributed by atoms with Crippen LogP contribution in [0.25, 0.3) is 0 Å². The Morgan fingerprint density at radius 3 is 2.33 bits per heavy atom. The SMILES string of the molecule is CCN(Cc1ccccc1)C(=O)CN(Cc1ccco1)S(C)(=O)=O. The fraction of sp³-hybridized carbons (Fsp3) is 0.353. The molecular weight excluding hydrogens is 328 g/mol. The molecule has 0 unspecified atom stereocenters. The number of furan rings is 1. The van der Waals surface area contributed by atoms with Gasteiger partial charge in [-0.2, -0.15) is 4.31 Å². The molecule has 7 heteroatoms. The van der Waals surface area contributed by atoms with E-state index in [-0.39, 0.29) is 19.0 Å². The maximum atomic E-state index is 12.6. The van der Waals surface area contributed by atoms with Crippen LogP contribution in [-0.2, 0) is 27.9 Å². The predicted octanol–water partition coefficient (Wildman–Crippen LogP) is 2.09. The second kappa shape index (κ2) is 8.12. The number of amides is 1. The second-order valence-corrected chi connectivity index (χ2v) is 7.49. The molecule has 0 radical (unpaired) electrons. The van der Waals surface area contributed by atoms with E-state index in [4.69, 9.17) is 4.42 Å². The van der Waals surface area contributed by atoms with Gasteiger partial charge in [0.2, 0.25) is 15.9 Å². The summed E-state index contributed by atoms with van der Waals surface area (Å²) in [6, 6.07) is 13.0. The number of hydrogen-bond acceptors (Lipinski definition) is 4. The lowest BCUT2D eigenvalue weighted by Gasteiger charge is -2.25. The van der Waals surface area contributed by atoms with E-state index in [1.807, 2.05) is 37.3 Å². The van der Waals surface area contributed by atoms with Gasteiger partial charge in [-0.25, -0.2) is 8.42 Å². The predicted molar refractivity (Wildman–Crippen MR) is 91.5 cm³/mol. The van der Waals surface area contributed by atoms with Crippen molar-refractivity contribution >= 4 is 15.9 Å². The first-order valence-electron chi connectivity index (χ1n) is 7.69. The first kappa shape index (κ1) is 18.2. The zero-order valence-corrected chi connectivity index (χ0v) is 14.7. The summed E-state index contributed by atoms with van der Waals surface area (Å²) in [5.74, 6) is 0.262. The summed E-state index contributed by atoms with van der Waals surface area (Å²) in [6.07, 6.45) is 2.57. The lowest BCUT2D eigenvalue weighted by Crippen LogP contribution is -2.41. The van der Waals surface area contributed by atoms with E-state index in [0.29, 0.717) is 18.8 Å². The van der Waals surface area contributed by atoms with Crippen molar-refractivity contribution in [2.24, 2.45) is 0 Å². The van der Waals surface area contributed by atoms with Gasteiger partial charge in [0.25, 0.3) is 0 Å². The van der Waals surface area contributed by atoms with E-state index in [1.165, 1.54) is 6.26 Å². The first-order valence-corrected chi connectivity index (χ1v) is 9.54. The van der Waals surface area contributed by atoms with Gasteiger partial charge < -0.3 is 9.32 Å². The maximum Gasteiger partial charge on any atom is 0.238 e. The highest BCUT2D eigenvalue weighted by molar-refractivity contribution is 7.88. The Kier molecular flexibility index (Phi) is 6.16. The van der Waals surface area contributed by atoms with Crippen molar-refractivity contribution < 1.29 is 17.6 Å². The Hall–Kier alpha value is -2.12. The van der Waals surface area contributed by atoms with Crippen LogP contribution in [0, 0.1) is 0 Å². The molecular formula is C17H22N2O4S. The third-order valence-corrected chi connectivity index (χ3v) is 4.84. The van der Waals surface area contributed by atoms with Crippen LogP contribution in [-0.4, -0.2) is 42.9 Å². The van der Waals surface area contributed by atoms with Crippen molar-refractivity contribution in [2.75, 3.05) is 19.3 Å². The van der Waals surface area contributed by atoms with Crippen LogP contribution in [0.1, 0.15) is 18.2 Å². The normalized spacial score (nSPS) is 11.6. The van der Waals surface area contributed by atoms with E-state index < -0.39 is 10.0 Å². The monoisotopic (exact) mass is 350 g/mol. The van der Waals surface area contributed by atoms with Gasteiger partial charge in [-0.3, -0.25) is 4.79 Å². The minimum absolute atomic E-state index is 0.0421. The van der Waals surface area contributed by atoms with Crippen molar-refractivity contribution in [3.8, 4) is 0 Å². The Balaban J connectivity index is 2.07. The van der Waals surface area contributed by atoms with Crippen LogP contribution in [0.4, 0.5) is 0 Å². The molecule has 2 aromatic rings. The standard InChI is InChI=1S/C17H22N2O4S/c1-3-18(12-15-8-5-4-6-9-15)17(20)14-19(24(2,21)22)13-16-10-7-11-23-16/h4-11H,3,12-14H2,1-2H3. The summed E-state index contributed by atoms with van der Waals surface area (Å²) in [5.41, 5.74) is 1.00. The molecule has 0 aliphatic heterocycles. The number of nitrogens with zero attached hydrogens (tertiary/aromatic N) is 2. The molecule has 24 heavy (non-hydrogen) atoms. The molecule has 130 valence electrons. The van der Waals surface area contributed by atoms with Crippen LogP contribution < -0.4 is 0 Å². The van der Waals surface area contributed by atoms with Gasteiger partial charge in [-0.1, -0.05) is 30.3 Å². The molecule has 0 bridgehead atoms. The third-order valence-electron chi connectivity index (χ3n) is 3.64. The van der Waals surface area contributed by atoms with E-state index in [9.17, 15) is 13.2 Å². The zero-order valence-electron chi connectivity index (χ0n) is 13.9. The van der Waals surface area contributed by atoms with E-state index in [2.05, 4.69) is 0 Å². The fourth-order valence-electron chi connectivity index (χ4n) is 2.30. The molecule has 6 nitrogen and oxygen atoms in total. The summed E-state index contributed by atoms with van der Waals surface area (Å²) in [5, 5.41) is 0. The molecule has 0 fully saturated rings. The number of carbonyl (C=O) groups is 1. The molecule has 0 saturated heterocycles. The molecule has 0 spiro atoms. The molecule has 0 atom stereocenters. The van der Waals surface area contributed by atoms with Crippen LogP contribution in [0.15, 0.2) is 53.1 Å². The molecule has 1 aromatic heterocycles. The largest absolute Gasteiger partial charge is 0.468 e. The third kappa shape index (κ3) is 5.21. The van der Waals surface area contributed by atoms with Crippen molar-refractivity contribution in [3.05, 3.63) is 60.1 Å². The zero-order chi connectivity index (χ0) is 17.6. The second-order valence-electron chi connectivity index (χ2n) is 5.50. The van der Waals surface area contributed by atoms with Gasteiger partial charge in [-0.05, 0) is 24.6 Å². The molecule has 1 aromatic carbocycles. The quantitative estimate of drug-likeness (QED) is 0.731. The highest BCUT2D eigenvalue weighted by Gasteiger charge is 2.24. The molecule has 2 rings (SSSR count). The lowest BCUT2D eigenvalue weighted by molar-refractivity contribution is -0.131. The van der Waals surface area contributed by atoms with Gasteiger partial charge in [0, 0.05) is 13.1 Å². The van der Waals surface area contributed by atoms with Crippen molar-refractivity contribution in [1.82, 2.24) is 9.21 Å². The minimum atomic E-state index is -3.52. The highest BCUT2D eigenvalue weighted by atomic mass is 32.2. The van der Waals surface area contributed by atoms with E-state index in [0.717, 1.165) is 16.1 Å². The smallest absolute Gasteiger partial charge is 0.238 e. The van der Waals surface area contributed by atoms with Gasteiger partial charge in [0.05, 0.1) is 25.6 Å². The van der Waals surface area contributed by atoms with Crippen LogP contribution >= 0.6 is 0 Å². The van der Waals surface area contributed by atoms with E-state index in [1.54, 1.807) is 17.0 Å².